The highest BCUT2D eigenvalue weighted by atomic mass is 32.1. The number of aryl methyl sites for hydroxylation is 1. The molecule has 5 heteroatoms. The van der Waals surface area contributed by atoms with Crippen molar-refractivity contribution in [3.05, 3.63) is 87.8 Å². The van der Waals surface area contributed by atoms with E-state index in [1.807, 2.05) is 36.4 Å². The third kappa shape index (κ3) is 4.62. The smallest absolute Gasteiger partial charge is 0.230 e. The topological polar surface area (TPSA) is 69.5 Å². The summed E-state index contributed by atoms with van der Waals surface area (Å²) in [5, 5.41) is 15.5. The van der Waals surface area contributed by atoms with Crippen molar-refractivity contribution in [3.63, 3.8) is 0 Å². The average molecular weight is 417 g/mol. The van der Waals surface area contributed by atoms with Gasteiger partial charge in [-0.25, -0.2) is 0 Å². The molecule has 3 N–H and O–H groups in total. The third-order valence-corrected chi connectivity index (χ3v) is 6.83. The summed E-state index contributed by atoms with van der Waals surface area (Å²) in [4.78, 5) is 13.9. The molecule has 0 radical (unpaired) electrons. The number of quaternary nitrogens is 1. The van der Waals surface area contributed by atoms with E-state index in [1.54, 1.807) is 11.3 Å². The van der Waals surface area contributed by atoms with E-state index >= 15 is 0 Å². The molecule has 0 aliphatic heterocycles. The van der Waals surface area contributed by atoms with E-state index in [-0.39, 0.29) is 11.9 Å². The Bertz CT molecular complexity index is 998. The van der Waals surface area contributed by atoms with Crippen LogP contribution < -0.4 is 10.6 Å². The van der Waals surface area contributed by atoms with Crippen molar-refractivity contribution < 1.29 is 10.1 Å². The van der Waals surface area contributed by atoms with E-state index < -0.39 is 0 Å². The van der Waals surface area contributed by atoms with Crippen LogP contribution in [-0.4, -0.2) is 12.5 Å². The van der Waals surface area contributed by atoms with Crippen LogP contribution in [0.1, 0.15) is 52.4 Å². The number of carbonyl (C=O) groups excluding carboxylic acids is 1. The summed E-state index contributed by atoms with van der Waals surface area (Å²) < 4.78 is 0. The second kappa shape index (κ2) is 9.71. The summed E-state index contributed by atoms with van der Waals surface area (Å²) >= 11 is 1.58. The Morgan fingerprint density at radius 3 is 2.30 bits per heavy atom. The van der Waals surface area contributed by atoms with Crippen molar-refractivity contribution in [2.24, 2.45) is 0 Å². The number of nitriles is 1. The summed E-state index contributed by atoms with van der Waals surface area (Å²) in [6, 6.07) is 23.2. The molecule has 1 aromatic heterocycles. The largest absolute Gasteiger partial charge is 0.336 e. The second-order valence-corrected chi connectivity index (χ2v) is 8.75. The van der Waals surface area contributed by atoms with Crippen LogP contribution in [0.5, 0.6) is 0 Å². The molecular formula is C25H26N3OS+. The fraction of sp³-hybridized carbons (Fsp3) is 0.280. The van der Waals surface area contributed by atoms with E-state index in [0.717, 1.165) is 29.8 Å². The molecular weight excluding hydrogens is 390 g/mol. The van der Waals surface area contributed by atoms with Crippen LogP contribution >= 0.6 is 11.3 Å². The van der Waals surface area contributed by atoms with Crippen LogP contribution in [0.4, 0.5) is 5.00 Å². The van der Waals surface area contributed by atoms with Gasteiger partial charge in [-0.05, 0) is 31.2 Å². The number of thiophene rings is 1. The van der Waals surface area contributed by atoms with E-state index in [9.17, 15) is 10.1 Å². The first-order chi connectivity index (χ1) is 14.8. The Morgan fingerprint density at radius 2 is 1.67 bits per heavy atom. The van der Waals surface area contributed by atoms with Gasteiger partial charge in [0, 0.05) is 16.0 Å². The molecule has 0 atom stereocenters. The molecule has 1 aliphatic rings. The number of fused-ring (bicyclic) bond motifs is 1. The Balaban J connectivity index is 1.40. The van der Waals surface area contributed by atoms with E-state index in [1.165, 1.54) is 22.4 Å². The summed E-state index contributed by atoms with van der Waals surface area (Å²) in [5.74, 6) is -0.0266. The summed E-state index contributed by atoms with van der Waals surface area (Å²) in [5.41, 5.74) is 4.28. The standard InChI is InChI=1S/C25H25N3OS/c26-17-21-20-13-7-8-14-22(20)30-25(21)28-23(29)15-16-27-24(18-9-3-1-4-10-18)19-11-5-2-6-12-19/h1-6,9-12,24,27H,7-8,13-16H2,(H,28,29)/p+1. The summed E-state index contributed by atoms with van der Waals surface area (Å²) in [6.07, 6.45) is 4.67. The number of hydrogen-bond donors (Lipinski definition) is 2. The molecule has 0 spiro atoms. The maximum Gasteiger partial charge on any atom is 0.230 e. The highest BCUT2D eigenvalue weighted by Gasteiger charge is 2.22. The van der Waals surface area contributed by atoms with Crippen LogP contribution in [0.2, 0.25) is 0 Å². The van der Waals surface area contributed by atoms with E-state index in [0.29, 0.717) is 18.5 Å². The van der Waals surface area contributed by atoms with E-state index in [2.05, 4.69) is 41.0 Å². The van der Waals surface area contributed by atoms with Crippen LogP contribution in [0.15, 0.2) is 60.7 Å². The normalized spacial score (nSPS) is 12.9. The average Bonchev–Trinajstić information content (AvgIpc) is 3.14. The predicted octanol–water partition coefficient (Wildman–Crippen LogP) is 4.18. The molecule has 30 heavy (non-hydrogen) atoms. The van der Waals surface area contributed by atoms with Gasteiger partial charge in [0.2, 0.25) is 5.91 Å². The van der Waals surface area contributed by atoms with Crippen LogP contribution in [-0.2, 0) is 17.6 Å². The highest BCUT2D eigenvalue weighted by Crippen LogP contribution is 2.37. The van der Waals surface area contributed by atoms with Crippen molar-refractivity contribution >= 4 is 22.2 Å². The quantitative estimate of drug-likeness (QED) is 0.607. The lowest BCUT2D eigenvalue weighted by Crippen LogP contribution is -2.85. The number of nitrogens with one attached hydrogen (secondary N) is 1. The van der Waals surface area contributed by atoms with Crippen molar-refractivity contribution in [1.82, 2.24) is 0 Å². The molecule has 0 saturated carbocycles. The molecule has 1 heterocycles. The van der Waals surface area contributed by atoms with Crippen molar-refractivity contribution in [2.75, 3.05) is 11.9 Å². The first-order valence-electron chi connectivity index (χ1n) is 10.5. The van der Waals surface area contributed by atoms with Gasteiger partial charge in [-0.1, -0.05) is 60.7 Å². The molecule has 0 saturated heterocycles. The molecule has 0 fully saturated rings. The molecule has 0 unspecified atom stereocenters. The Morgan fingerprint density at radius 1 is 1.03 bits per heavy atom. The molecule has 152 valence electrons. The molecule has 1 aliphatic carbocycles. The Labute approximate surface area is 181 Å². The number of carbonyl (C=O) groups is 1. The van der Waals surface area contributed by atoms with Crippen molar-refractivity contribution in [3.8, 4) is 6.07 Å². The van der Waals surface area contributed by atoms with Gasteiger partial charge in [0.25, 0.3) is 0 Å². The minimum atomic E-state index is -0.0266. The van der Waals surface area contributed by atoms with Crippen LogP contribution in [0, 0.1) is 11.3 Å². The zero-order chi connectivity index (χ0) is 20.8. The maximum absolute atomic E-state index is 12.6. The van der Waals surface area contributed by atoms with Crippen LogP contribution in [0.25, 0.3) is 0 Å². The maximum atomic E-state index is 12.6. The minimum Gasteiger partial charge on any atom is -0.336 e. The number of amides is 1. The predicted molar refractivity (Wildman–Crippen MR) is 120 cm³/mol. The molecule has 0 bridgehead atoms. The second-order valence-electron chi connectivity index (χ2n) is 7.65. The van der Waals surface area contributed by atoms with Gasteiger partial charge in [0.1, 0.15) is 17.1 Å². The SMILES string of the molecule is N#Cc1c(NC(=O)CC[NH2+]C(c2ccccc2)c2ccccc2)sc2c1CCCC2. The van der Waals surface area contributed by atoms with Crippen molar-refractivity contribution in [2.45, 2.75) is 38.1 Å². The summed E-state index contributed by atoms with van der Waals surface area (Å²) in [6.45, 7) is 0.674. The Hall–Kier alpha value is -2.94. The van der Waals surface area contributed by atoms with E-state index in [4.69, 9.17) is 0 Å². The molecule has 4 rings (SSSR count). The third-order valence-electron chi connectivity index (χ3n) is 5.63. The highest BCUT2D eigenvalue weighted by molar-refractivity contribution is 7.16. The van der Waals surface area contributed by atoms with Crippen molar-refractivity contribution in [1.29, 1.82) is 5.26 Å². The summed E-state index contributed by atoms with van der Waals surface area (Å²) in [7, 11) is 0. The number of nitrogens with zero attached hydrogens (tertiary/aromatic N) is 1. The lowest BCUT2D eigenvalue weighted by Gasteiger charge is -2.16. The first kappa shape index (κ1) is 20.3. The van der Waals surface area contributed by atoms with Gasteiger partial charge < -0.3 is 10.6 Å². The van der Waals surface area contributed by atoms with Gasteiger partial charge in [0.15, 0.2) is 0 Å². The first-order valence-corrected chi connectivity index (χ1v) is 11.4. The molecule has 3 aromatic rings. The fourth-order valence-electron chi connectivity index (χ4n) is 4.13. The minimum absolute atomic E-state index is 0.0266. The molecule has 2 aromatic carbocycles. The molecule has 1 amide bonds. The Kier molecular flexibility index (Phi) is 6.58. The molecule has 4 nitrogen and oxygen atoms in total. The number of benzene rings is 2. The van der Waals surface area contributed by atoms with Crippen LogP contribution in [0.3, 0.4) is 0 Å². The number of hydrogen-bond acceptors (Lipinski definition) is 3. The zero-order valence-corrected chi connectivity index (χ0v) is 17.8. The zero-order valence-electron chi connectivity index (χ0n) is 16.9. The fourth-order valence-corrected chi connectivity index (χ4v) is 5.38. The van der Waals surface area contributed by atoms with Gasteiger partial charge >= 0.3 is 0 Å². The van der Waals surface area contributed by atoms with Gasteiger partial charge in [-0.3, -0.25) is 4.79 Å². The van der Waals surface area contributed by atoms with Gasteiger partial charge in [0.05, 0.1) is 18.5 Å². The van der Waals surface area contributed by atoms with Gasteiger partial charge in [-0.2, -0.15) is 5.26 Å². The lowest BCUT2D eigenvalue weighted by atomic mass is 9.96. The van der Waals surface area contributed by atoms with Gasteiger partial charge in [-0.15, -0.1) is 11.3 Å². The lowest BCUT2D eigenvalue weighted by molar-refractivity contribution is -0.686. The number of anilines is 1. The number of rotatable bonds is 7. The number of nitrogens with two attached hydrogens (primary N) is 1. The monoisotopic (exact) mass is 416 g/mol.